The highest BCUT2D eigenvalue weighted by atomic mass is 32.2. The number of nitrogens with one attached hydrogen (secondary N) is 2. The van der Waals surface area contributed by atoms with Crippen LogP contribution in [0.4, 0.5) is 0 Å². The lowest BCUT2D eigenvalue weighted by Gasteiger charge is -2.00. The van der Waals surface area contributed by atoms with Crippen LogP contribution in [-0.2, 0) is 5.75 Å². The number of hydrazine groups is 1. The number of nitrogens with zero attached hydrogens (tertiary/aromatic N) is 2. The first-order valence-corrected chi connectivity index (χ1v) is 7.20. The van der Waals surface area contributed by atoms with Crippen molar-refractivity contribution in [2.24, 2.45) is 5.84 Å². The van der Waals surface area contributed by atoms with Gasteiger partial charge in [0.25, 0.3) is 0 Å². The molecule has 0 aliphatic carbocycles. The SMILES string of the molecule is Cc1nc(SCc2c(C(=O)NN)oc3ccccc23)n[nH]1. The molecular formula is C13H13N5O2S. The highest BCUT2D eigenvalue weighted by molar-refractivity contribution is 7.98. The van der Waals surface area contributed by atoms with Crippen LogP contribution in [0.5, 0.6) is 0 Å². The van der Waals surface area contributed by atoms with Crippen molar-refractivity contribution in [2.45, 2.75) is 17.8 Å². The van der Waals surface area contributed by atoms with Crippen LogP contribution in [-0.4, -0.2) is 21.1 Å². The molecule has 108 valence electrons. The quantitative estimate of drug-likeness (QED) is 0.293. The molecule has 7 nitrogen and oxygen atoms in total. The molecule has 0 aliphatic heterocycles. The Bertz CT molecular complexity index is 795. The summed E-state index contributed by atoms with van der Waals surface area (Å²) in [6.07, 6.45) is 0. The molecule has 0 aliphatic rings. The number of para-hydroxylation sites is 1. The van der Waals surface area contributed by atoms with Gasteiger partial charge in [0.05, 0.1) is 0 Å². The fraction of sp³-hybridized carbons (Fsp3) is 0.154. The number of nitrogens with two attached hydrogens (primary N) is 1. The van der Waals surface area contributed by atoms with Gasteiger partial charge in [0.1, 0.15) is 11.4 Å². The van der Waals surface area contributed by atoms with Crippen molar-refractivity contribution in [3.63, 3.8) is 0 Å². The van der Waals surface area contributed by atoms with E-state index in [1.807, 2.05) is 31.2 Å². The summed E-state index contributed by atoms with van der Waals surface area (Å²) in [5.41, 5.74) is 3.54. The Balaban J connectivity index is 1.96. The summed E-state index contributed by atoms with van der Waals surface area (Å²) < 4.78 is 5.59. The molecule has 0 fully saturated rings. The molecule has 2 heterocycles. The number of rotatable bonds is 4. The fourth-order valence-electron chi connectivity index (χ4n) is 2.01. The Kier molecular flexibility index (Phi) is 3.63. The maximum Gasteiger partial charge on any atom is 0.301 e. The van der Waals surface area contributed by atoms with Crippen LogP contribution in [0.15, 0.2) is 33.8 Å². The number of benzene rings is 1. The first kappa shape index (κ1) is 13.7. The Hall–Kier alpha value is -2.32. The van der Waals surface area contributed by atoms with E-state index in [1.54, 1.807) is 0 Å². The Morgan fingerprint density at radius 2 is 2.29 bits per heavy atom. The summed E-state index contributed by atoms with van der Waals surface area (Å²) >= 11 is 1.42. The number of hydrogen-bond donors (Lipinski definition) is 3. The van der Waals surface area contributed by atoms with E-state index in [1.165, 1.54) is 11.8 Å². The summed E-state index contributed by atoms with van der Waals surface area (Å²) in [6.45, 7) is 1.83. The summed E-state index contributed by atoms with van der Waals surface area (Å²) in [5, 5.41) is 8.35. The van der Waals surface area contributed by atoms with Gasteiger partial charge in [-0.3, -0.25) is 15.3 Å². The van der Waals surface area contributed by atoms with Gasteiger partial charge in [-0.25, -0.2) is 10.8 Å². The number of furan rings is 1. The topological polar surface area (TPSA) is 110 Å². The second-order valence-electron chi connectivity index (χ2n) is 4.37. The fourth-order valence-corrected chi connectivity index (χ4v) is 2.89. The minimum absolute atomic E-state index is 0.221. The van der Waals surface area contributed by atoms with Crippen LogP contribution in [0.3, 0.4) is 0 Å². The predicted octanol–water partition coefficient (Wildman–Crippen LogP) is 1.76. The highest BCUT2D eigenvalue weighted by Gasteiger charge is 2.20. The Morgan fingerprint density at radius 3 is 3.00 bits per heavy atom. The van der Waals surface area contributed by atoms with Gasteiger partial charge in [0.15, 0.2) is 5.76 Å². The third-order valence-electron chi connectivity index (χ3n) is 2.96. The average Bonchev–Trinajstić information content (AvgIpc) is 3.07. The number of hydrogen-bond acceptors (Lipinski definition) is 6. The third-order valence-corrected chi connectivity index (χ3v) is 3.83. The van der Waals surface area contributed by atoms with Crippen molar-refractivity contribution in [1.82, 2.24) is 20.6 Å². The smallest absolute Gasteiger partial charge is 0.301 e. The highest BCUT2D eigenvalue weighted by Crippen LogP contribution is 2.30. The van der Waals surface area contributed by atoms with Crippen molar-refractivity contribution in [3.8, 4) is 0 Å². The monoisotopic (exact) mass is 303 g/mol. The van der Waals surface area contributed by atoms with Crippen molar-refractivity contribution in [3.05, 3.63) is 41.4 Å². The molecule has 0 spiro atoms. The van der Waals surface area contributed by atoms with Crippen LogP contribution in [0.25, 0.3) is 11.0 Å². The lowest BCUT2D eigenvalue weighted by molar-refractivity contribution is 0.0927. The molecule has 1 amide bonds. The molecule has 0 radical (unpaired) electrons. The zero-order chi connectivity index (χ0) is 14.8. The minimum atomic E-state index is -0.451. The molecule has 1 aromatic carbocycles. The zero-order valence-corrected chi connectivity index (χ0v) is 12.0. The third kappa shape index (κ3) is 2.63. The number of aromatic nitrogens is 3. The number of aromatic amines is 1. The van der Waals surface area contributed by atoms with Crippen molar-refractivity contribution in [2.75, 3.05) is 0 Å². The standard InChI is InChI=1S/C13H13N5O2S/c1-7-15-13(18-17-7)21-6-9-8-4-2-3-5-10(8)20-11(9)12(19)16-14/h2-5H,6,14H2,1H3,(H,16,19)(H,15,17,18). The summed E-state index contributed by atoms with van der Waals surface area (Å²) in [7, 11) is 0. The van der Waals surface area contributed by atoms with Gasteiger partial charge in [0.2, 0.25) is 5.16 Å². The second kappa shape index (κ2) is 5.58. The maximum atomic E-state index is 11.8. The number of fused-ring (bicyclic) bond motifs is 1. The van der Waals surface area contributed by atoms with E-state index in [4.69, 9.17) is 10.3 Å². The van der Waals surface area contributed by atoms with Gasteiger partial charge < -0.3 is 4.42 Å². The number of amides is 1. The number of carbonyl (C=O) groups excluding carboxylic acids is 1. The van der Waals surface area contributed by atoms with Crippen LogP contribution < -0.4 is 11.3 Å². The molecule has 0 bridgehead atoms. The van der Waals surface area contributed by atoms with Crippen molar-refractivity contribution < 1.29 is 9.21 Å². The molecule has 0 atom stereocenters. The summed E-state index contributed by atoms with van der Waals surface area (Å²) in [4.78, 5) is 16.1. The molecular weight excluding hydrogens is 290 g/mol. The van der Waals surface area contributed by atoms with E-state index in [-0.39, 0.29) is 5.76 Å². The van der Waals surface area contributed by atoms with E-state index in [0.29, 0.717) is 16.5 Å². The Morgan fingerprint density at radius 1 is 1.48 bits per heavy atom. The van der Waals surface area contributed by atoms with Gasteiger partial charge in [-0.05, 0) is 13.0 Å². The Labute approximate surface area is 124 Å². The minimum Gasteiger partial charge on any atom is -0.451 e. The largest absolute Gasteiger partial charge is 0.451 e. The first-order valence-electron chi connectivity index (χ1n) is 6.22. The van der Waals surface area contributed by atoms with Crippen LogP contribution in [0.1, 0.15) is 21.9 Å². The molecule has 2 aromatic heterocycles. The number of aryl methyl sites for hydroxylation is 1. The zero-order valence-electron chi connectivity index (χ0n) is 11.2. The summed E-state index contributed by atoms with van der Waals surface area (Å²) in [5.74, 6) is 6.24. The number of nitrogen functional groups attached to an aromatic ring is 1. The van der Waals surface area contributed by atoms with E-state index in [9.17, 15) is 4.79 Å². The normalized spacial score (nSPS) is 11.0. The van der Waals surface area contributed by atoms with Crippen LogP contribution in [0.2, 0.25) is 0 Å². The van der Waals surface area contributed by atoms with E-state index in [2.05, 4.69) is 20.6 Å². The van der Waals surface area contributed by atoms with Gasteiger partial charge in [-0.1, -0.05) is 30.0 Å². The molecule has 21 heavy (non-hydrogen) atoms. The molecule has 0 unspecified atom stereocenters. The summed E-state index contributed by atoms with van der Waals surface area (Å²) in [6, 6.07) is 7.47. The van der Waals surface area contributed by atoms with Crippen LogP contribution in [0, 0.1) is 6.92 Å². The lowest BCUT2D eigenvalue weighted by Crippen LogP contribution is -2.30. The predicted molar refractivity (Wildman–Crippen MR) is 78.5 cm³/mol. The number of H-pyrrole nitrogens is 1. The second-order valence-corrected chi connectivity index (χ2v) is 5.31. The van der Waals surface area contributed by atoms with E-state index >= 15 is 0 Å². The molecule has 0 saturated heterocycles. The van der Waals surface area contributed by atoms with Crippen molar-refractivity contribution in [1.29, 1.82) is 0 Å². The van der Waals surface area contributed by atoms with Gasteiger partial charge >= 0.3 is 5.91 Å². The number of thioether (sulfide) groups is 1. The molecule has 0 saturated carbocycles. The average molecular weight is 303 g/mol. The maximum absolute atomic E-state index is 11.8. The molecule has 3 rings (SSSR count). The van der Waals surface area contributed by atoms with Crippen LogP contribution >= 0.6 is 11.8 Å². The number of carbonyl (C=O) groups is 1. The first-order chi connectivity index (χ1) is 10.2. The van der Waals surface area contributed by atoms with Gasteiger partial charge in [0, 0.05) is 16.7 Å². The molecule has 3 aromatic rings. The van der Waals surface area contributed by atoms with Gasteiger partial charge in [-0.15, -0.1) is 5.10 Å². The molecule has 8 heteroatoms. The van der Waals surface area contributed by atoms with Crippen molar-refractivity contribution >= 4 is 28.6 Å². The van der Waals surface area contributed by atoms with Gasteiger partial charge in [-0.2, -0.15) is 0 Å². The van der Waals surface area contributed by atoms with E-state index in [0.717, 1.165) is 16.8 Å². The lowest BCUT2D eigenvalue weighted by atomic mass is 10.1. The van der Waals surface area contributed by atoms with E-state index < -0.39 is 5.91 Å². The molecule has 4 N–H and O–H groups in total.